The number of carbonyl (C=O) groups is 3. The fourth-order valence-corrected chi connectivity index (χ4v) is 2.96. The molecule has 0 bridgehead atoms. The maximum absolute atomic E-state index is 12.4. The zero-order chi connectivity index (χ0) is 15.6. The molecule has 7 nitrogen and oxygen atoms in total. The van der Waals surface area contributed by atoms with Crippen LogP contribution in [0.15, 0.2) is 0 Å². The van der Waals surface area contributed by atoms with Crippen LogP contribution in [-0.4, -0.2) is 59.0 Å². The highest BCUT2D eigenvalue weighted by molar-refractivity contribution is 5.79. The van der Waals surface area contributed by atoms with Gasteiger partial charge in [-0.15, -0.1) is 0 Å². The molecule has 2 aliphatic rings. The average Bonchev–Trinajstić information content (AvgIpc) is 2.47. The standard InChI is InChI=1S/C14H23N3O4/c1-14(12(19)20)4-8-17(9-5-14)13(21)16-6-2-10(3-7-16)11(15)18/h10H,2-9H2,1H3,(H2,15,18)(H,19,20). The van der Waals surface area contributed by atoms with Crippen LogP contribution in [0.25, 0.3) is 0 Å². The minimum atomic E-state index is -0.795. The number of carbonyl (C=O) groups excluding carboxylic acids is 2. The smallest absolute Gasteiger partial charge is 0.319 e. The summed E-state index contributed by atoms with van der Waals surface area (Å²) >= 11 is 0. The van der Waals surface area contributed by atoms with Crippen LogP contribution in [0.5, 0.6) is 0 Å². The number of aliphatic carboxylic acids is 1. The summed E-state index contributed by atoms with van der Waals surface area (Å²) in [6.45, 7) is 3.75. The Morgan fingerprint density at radius 1 is 1.05 bits per heavy atom. The second-order valence-corrected chi connectivity index (χ2v) is 6.30. The molecule has 7 heteroatoms. The number of carboxylic acid groups (broad SMARTS) is 1. The summed E-state index contributed by atoms with van der Waals surface area (Å²) in [4.78, 5) is 38.2. The molecule has 0 aromatic carbocycles. The summed E-state index contributed by atoms with van der Waals surface area (Å²) in [5.74, 6) is -1.22. The first kappa shape index (κ1) is 15.6. The predicted molar refractivity (Wildman–Crippen MR) is 75.4 cm³/mol. The number of carboxylic acids is 1. The van der Waals surface area contributed by atoms with Crippen LogP contribution in [0, 0.1) is 11.3 Å². The Kier molecular flexibility index (Phi) is 4.39. The maximum Gasteiger partial charge on any atom is 0.319 e. The van der Waals surface area contributed by atoms with Crippen LogP contribution in [-0.2, 0) is 9.59 Å². The maximum atomic E-state index is 12.4. The summed E-state index contributed by atoms with van der Waals surface area (Å²) in [5, 5.41) is 9.19. The quantitative estimate of drug-likeness (QED) is 0.774. The lowest BCUT2D eigenvalue weighted by molar-refractivity contribution is -0.150. The number of likely N-dealkylation sites (tertiary alicyclic amines) is 2. The molecular weight excluding hydrogens is 274 g/mol. The van der Waals surface area contributed by atoms with E-state index in [0.717, 1.165) is 0 Å². The van der Waals surface area contributed by atoms with E-state index in [0.29, 0.717) is 51.9 Å². The van der Waals surface area contributed by atoms with Crippen molar-refractivity contribution in [1.82, 2.24) is 9.80 Å². The molecule has 0 aromatic heterocycles. The molecule has 0 aromatic rings. The number of urea groups is 1. The molecule has 2 heterocycles. The molecule has 2 saturated heterocycles. The molecule has 118 valence electrons. The van der Waals surface area contributed by atoms with Gasteiger partial charge in [0.2, 0.25) is 5.91 Å². The number of nitrogens with zero attached hydrogens (tertiary/aromatic N) is 2. The Labute approximate surface area is 124 Å². The van der Waals surface area contributed by atoms with Crippen molar-refractivity contribution in [3.8, 4) is 0 Å². The first-order valence-corrected chi connectivity index (χ1v) is 7.40. The van der Waals surface area contributed by atoms with Crippen LogP contribution in [0.1, 0.15) is 32.6 Å². The van der Waals surface area contributed by atoms with E-state index in [1.54, 1.807) is 16.7 Å². The Bertz CT molecular complexity index is 436. The lowest BCUT2D eigenvalue weighted by Gasteiger charge is -2.40. The fourth-order valence-electron chi connectivity index (χ4n) is 2.96. The first-order chi connectivity index (χ1) is 9.83. The molecule has 0 aliphatic carbocycles. The van der Waals surface area contributed by atoms with Gasteiger partial charge in [-0.3, -0.25) is 9.59 Å². The van der Waals surface area contributed by atoms with Crippen molar-refractivity contribution < 1.29 is 19.5 Å². The van der Waals surface area contributed by atoms with E-state index in [2.05, 4.69) is 0 Å². The molecule has 0 saturated carbocycles. The van der Waals surface area contributed by atoms with Gasteiger partial charge >= 0.3 is 12.0 Å². The van der Waals surface area contributed by atoms with Gasteiger partial charge in [-0.25, -0.2) is 4.79 Å². The zero-order valence-corrected chi connectivity index (χ0v) is 12.4. The molecule has 2 aliphatic heterocycles. The summed E-state index contributed by atoms with van der Waals surface area (Å²) < 4.78 is 0. The van der Waals surface area contributed by atoms with E-state index in [1.807, 2.05) is 0 Å². The second-order valence-electron chi connectivity index (χ2n) is 6.30. The normalized spacial score (nSPS) is 22.9. The lowest BCUT2D eigenvalue weighted by Crippen LogP contribution is -2.52. The van der Waals surface area contributed by atoms with Crippen LogP contribution in [0.3, 0.4) is 0 Å². The van der Waals surface area contributed by atoms with Crippen LogP contribution >= 0.6 is 0 Å². The molecule has 0 radical (unpaired) electrons. The minimum Gasteiger partial charge on any atom is -0.481 e. The zero-order valence-electron chi connectivity index (χ0n) is 12.4. The third-order valence-electron chi connectivity index (χ3n) is 4.82. The fraction of sp³-hybridized carbons (Fsp3) is 0.786. The Morgan fingerprint density at radius 2 is 1.52 bits per heavy atom. The SMILES string of the molecule is CC1(C(=O)O)CCN(C(=O)N2CCC(C(N)=O)CC2)CC1. The van der Waals surface area contributed by atoms with E-state index in [1.165, 1.54) is 0 Å². The highest BCUT2D eigenvalue weighted by Gasteiger charge is 2.39. The summed E-state index contributed by atoms with van der Waals surface area (Å²) in [5.41, 5.74) is 4.55. The van der Waals surface area contributed by atoms with E-state index < -0.39 is 11.4 Å². The van der Waals surface area contributed by atoms with Crippen molar-refractivity contribution in [3.63, 3.8) is 0 Å². The highest BCUT2D eigenvalue weighted by atomic mass is 16.4. The number of rotatable bonds is 2. The number of nitrogens with two attached hydrogens (primary N) is 1. The number of piperidine rings is 2. The number of hydrogen-bond acceptors (Lipinski definition) is 3. The van der Waals surface area contributed by atoms with Crippen molar-refractivity contribution in [1.29, 1.82) is 0 Å². The molecule has 0 spiro atoms. The van der Waals surface area contributed by atoms with E-state index in [4.69, 9.17) is 5.73 Å². The monoisotopic (exact) mass is 297 g/mol. The molecule has 3 amide bonds. The minimum absolute atomic E-state index is 0.0506. The largest absolute Gasteiger partial charge is 0.481 e. The topological polar surface area (TPSA) is 104 Å². The second kappa shape index (κ2) is 5.91. The molecule has 2 rings (SSSR count). The van der Waals surface area contributed by atoms with Gasteiger partial charge in [-0.2, -0.15) is 0 Å². The first-order valence-electron chi connectivity index (χ1n) is 7.40. The van der Waals surface area contributed by atoms with Crippen LogP contribution < -0.4 is 5.73 Å². The van der Waals surface area contributed by atoms with Crippen LogP contribution in [0.2, 0.25) is 0 Å². The van der Waals surface area contributed by atoms with E-state index in [-0.39, 0.29) is 17.9 Å². The lowest BCUT2D eigenvalue weighted by atomic mass is 9.80. The van der Waals surface area contributed by atoms with Gasteiger partial charge in [0.25, 0.3) is 0 Å². The summed E-state index contributed by atoms with van der Waals surface area (Å²) in [6.07, 6.45) is 2.18. The van der Waals surface area contributed by atoms with Gasteiger partial charge in [0.1, 0.15) is 0 Å². The molecule has 2 fully saturated rings. The molecular formula is C14H23N3O4. The van der Waals surface area contributed by atoms with E-state index in [9.17, 15) is 19.5 Å². The van der Waals surface area contributed by atoms with Gasteiger partial charge in [0.05, 0.1) is 5.41 Å². The number of hydrogen-bond donors (Lipinski definition) is 2. The predicted octanol–water partition coefficient (Wildman–Crippen LogP) is 0.490. The molecule has 0 atom stereocenters. The Balaban J connectivity index is 1.86. The number of amides is 3. The van der Waals surface area contributed by atoms with Crippen LogP contribution in [0.4, 0.5) is 4.79 Å². The van der Waals surface area contributed by atoms with Crippen molar-refractivity contribution in [2.24, 2.45) is 17.1 Å². The van der Waals surface area contributed by atoms with Crippen molar-refractivity contribution in [3.05, 3.63) is 0 Å². The summed E-state index contributed by atoms with van der Waals surface area (Å²) in [6, 6.07) is -0.0506. The molecule has 3 N–H and O–H groups in total. The van der Waals surface area contributed by atoms with Gasteiger partial charge in [0.15, 0.2) is 0 Å². The van der Waals surface area contributed by atoms with E-state index >= 15 is 0 Å². The number of primary amides is 1. The average molecular weight is 297 g/mol. The van der Waals surface area contributed by atoms with Gasteiger partial charge in [-0.1, -0.05) is 0 Å². The highest BCUT2D eigenvalue weighted by Crippen LogP contribution is 2.31. The Hall–Kier alpha value is -1.79. The Morgan fingerprint density at radius 3 is 1.95 bits per heavy atom. The van der Waals surface area contributed by atoms with Crippen molar-refractivity contribution >= 4 is 17.9 Å². The third-order valence-corrected chi connectivity index (χ3v) is 4.82. The third kappa shape index (κ3) is 3.28. The van der Waals surface area contributed by atoms with Crippen molar-refractivity contribution in [2.45, 2.75) is 32.6 Å². The molecule has 0 unspecified atom stereocenters. The molecule has 21 heavy (non-hydrogen) atoms. The van der Waals surface area contributed by atoms with Gasteiger partial charge in [-0.05, 0) is 32.6 Å². The van der Waals surface area contributed by atoms with Gasteiger partial charge in [0, 0.05) is 32.1 Å². The van der Waals surface area contributed by atoms with Gasteiger partial charge < -0.3 is 20.6 Å². The van der Waals surface area contributed by atoms with Crippen molar-refractivity contribution in [2.75, 3.05) is 26.2 Å². The summed E-state index contributed by atoms with van der Waals surface area (Å²) in [7, 11) is 0.